The molecule has 4 aliphatic rings. The van der Waals surface area contributed by atoms with Crippen LogP contribution in [0.3, 0.4) is 0 Å². The molecule has 3 saturated carbocycles. The minimum atomic E-state index is -1.66. The van der Waals surface area contributed by atoms with Gasteiger partial charge in [-0.1, -0.05) is 24.6 Å². The molecule has 7 unspecified atom stereocenters. The first-order valence-electron chi connectivity index (χ1n) is 12.9. The van der Waals surface area contributed by atoms with Crippen molar-refractivity contribution in [1.82, 2.24) is 0 Å². The summed E-state index contributed by atoms with van der Waals surface area (Å²) in [6, 6.07) is 0. The zero-order valence-electron chi connectivity index (χ0n) is 22.1. The monoisotopic (exact) mass is 477 g/mol. The molecule has 182 valence electrons. The van der Waals surface area contributed by atoms with Gasteiger partial charge in [-0.2, -0.15) is 0 Å². The van der Waals surface area contributed by atoms with Crippen LogP contribution in [0.5, 0.6) is 0 Å². The summed E-state index contributed by atoms with van der Waals surface area (Å²) in [5.74, 6) is 2.29. The fraction of sp³-hybridized carbons (Fsp3) is 0.885. The van der Waals surface area contributed by atoms with E-state index >= 15 is 0 Å². The molecule has 0 amide bonds. The molecule has 4 aliphatic carbocycles. The Balaban J connectivity index is 1.64. The first-order chi connectivity index (χ1) is 14.8. The molecular formula is C26H47NO3Si2. The Kier molecular flexibility index (Phi) is 6.44. The second-order valence-electron chi connectivity index (χ2n) is 13.5. The molecule has 0 heterocycles. The van der Waals surface area contributed by atoms with Gasteiger partial charge in [0.05, 0.1) is 17.9 Å². The van der Waals surface area contributed by atoms with Gasteiger partial charge >= 0.3 is 0 Å². The highest BCUT2D eigenvalue weighted by Crippen LogP contribution is 2.66. The van der Waals surface area contributed by atoms with Gasteiger partial charge in [-0.05, 0) is 119 Å². The highest BCUT2D eigenvalue weighted by atomic mass is 28.4. The van der Waals surface area contributed by atoms with Crippen LogP contribution >= 0.6 is 0 Å². The number of allylic oxidation sites excluding steroid dienone is 2. The van der Waals surface area contributed by atoms with Crippen LogP contribution in [0.25, 0.3) is 0 Å². The van der Waals surface area contributed by atoms with Gasteiger partial charge in [0.2, 0.25) is 0 Å². The van der Waals surface area contributed by atoms with Crippen molar-refractivity contribution in [1.29, 1.82) is 0 Å². The van der Waals surface area contributed by atoms with Crippen LogP contribution in [0.15, 0.2) is 16.8 Å². The van der Waals surface area contributed by atoms with E-state index in [-0.39, 0.29) is 17.6 Å². The van der Waals surface area contributed by atoms with Crippen LogP contribution < -0.4 is 0 Å². The molecule has 3 fully saturated rings. The number of rotatable bonds is 5. The van der Waals surface area contributed by atoms with Gasteiger partial charge < -0.3 is 13.7 Å². The minimum Gasteiger partial charge on any atom is -0.412 e. The van der Waals surface area contributed by atoms with Crippen LogP contribution in [0, 0.1) is 28.6 Å². The van der Waals surface area contributed by atoms with Crippen LogP contribution in [0.1, 0.15) is 58.8 Å². The molecule has 0 aromatic rings. The predicted octanol–water partition coefficient (Wildman–Crippen LogP) is 7.00. The molecule has 7 atom stereocenters. The SMILES string of the molecule is CON=C1C=C2CCC3C(CCC4(C)C3CC(O[Si](C)(C)C)C4O[Si](C)(C)C)C2(C)CC1. The van der Waals surface area contributed by atoms with E-state index in [1.807, 2.05) is 0 Å². The Hall–Kier alpha value is -0.436. The highest BCUT2D eigenvalue weighted by molar-refractivity contribution is 6.70. The second kappa shape index (κ2) is 8.35. The third-order valence-electron chi connectivity index (χ3n) is 9.08. The summed E-state index contributed by atoms with van der Waals surface area (Å²) in [5, 5.41) is 4.28. The van der Waals surface area contributed by atoms with Crippen molar-refractivity contribution in [3.63, 3.8) is 0 Å². The topological polar surface area (TPSA) is 40.0 Å². The Morgan fingerprint density at radius 2 is 1.59 bits per heavy atom. The van der Waals surface area contributed by atoms with Gasteiger partial charge in [-0.25, -0.2) is 0 Å². The lowest BCUT2D eigenvalue weighted by atomic mass is 9.47. The van der Waals surface area contributed by atoms with Crippen LogP contribution in [0.2, 0.25) is 39.3 Å². The maximum atomic E-state index is 6.98. The fourth-order valence-electron chi connectivity index (χ4n) is 7.86. The van der Waals surface area contributed by atoms with E-state index in [2.05, 4.69) is 64.4 Å². The molecule has 4 nitrogen and oxygen atoms in total. The van der Waals surface area contributed by atoms with E-state index in [1.54, 1.807) is 12.7 Å². The Morgan fingerprint density at radius 3 is 2.22 bits per heavy atom. The number of nitrogens with zero attached hydrogens (tertiary/aromatic N) is 1. The van der Waals surface area contributed by atoms with E-state index < -0.39 is 16.6 Å². The van der Waals surface area contributed by atoms with E-state index in [1.165, 1.54) is 38.5 Å². The maximum absolute atomic E-state index is 6.98. The molecule has 0 spiro atoms. The van der Waals surface area contributed by atoms with E-state index in [0.29, 0.717) is 5.41 Å². The third kappa shape index (κ3) is 4.46. The molecule has 0 aromatic carbocycles. The van der Waals surface area contributed by atoms with Crippen molar-refractivity contribution >= 4 is 22.3 Å². The fourth-order valence-corrected chi connectivity index (χ4v) is 10.2. The molecule has 6 heteroatoms. The Labute approximate surface area is 198 Å². The van der Waals surface area contributed by atoms with E-state index in [9.17, 15) is 0 Å². The van der Waals surface area contributed by atoms with Crippen molar-refractivity contribution in [2.75, 3.05) is 7.11 Å². The smallest absolute Gasteiger partial charge is 0.184 e. The molecule has 4 rings (SSSR count). The predicted molar refractivity (Wildman–Crippen MR) is 138 cm³/mol. The Bertz CT molecular complexity index is 783. The van der Waals surface area contributed by atoms with Crippen LogP contribution in [-0.4, -0.2) is 41.7 Å². The van der Waals surface area contributed by atoms with Crippen LogP contribution in [-0.2, 0) is 13.7 Å². The average molecular weight is 478 g/mol. The minimum absolute atomic E-state index is 0.251. The van der Waals surface area contributed by atoms with E-state index in [4.69, 9.17) is 13.7 Å². The summed E-state index contributed by atoms with van der Waals surface area (Å²) < 4.78 is 13.8. The number of fused-ring (bicyclic) bond motifs is 5. The normalized spacial score (nSPS) is 43.3. The number of hydrogen-bond acceptors (Lipinski definition) is 4. The lowest BCUT2D eigenvalue weighted by molar-refractivity contribution is -0.0750. The van der Waals surface area contributed by atoms with Crippen molar-refractivity contribution in [2.24, 2.45) is 33.7 Å². The van der Waals surface area contributed by atoms with Gasteiger partial charge in [0.15, 0.2) is 16.6 Å². The summed E-state index contributed by atoms with van der Waals surface area (Å²) in [6.45, 7) is 19.2. The van der Waals surface area contributed by atoms with Gasteiger partial charge in [0.1, 0.15) is 7.11 Å². The summed E-state index contributed by atoms with van der Waals surface area (Å²) >= 11 is 0. The van der Waals surface area contributed by atoms with Gasteiger partial charge in [0.25, 0.3) is 0 Å². The van der Waals surface area contributed by atoms with Gasteiger partial charge in [-0.15, -0.1) is 0 Å². The molecule has 0 aliphatic heterocycles. The average Bonchev–Trinajstić information content (AvgIpc) is 2.91. The number of hydrogen-bond donors (Lipinski definition) is 0. The highest BCUT2D eigenvalue weighted by Gasteiger charge is 2.62. The lowest BCUT2D eigenvalue weighted by Gasteiger charge is -2.58. The van der Waals surface area contributed by atoms with Crippen molar-refractivity contribution < 1.29 is 13.7 Å². The van der Waals surface area contributed by atoms with Crippen molar-refractivity contribution in [3.05, 3.63) is 11.6 Å². The zero-order chi connectivity index (χ0) is 23.5. The molecular weight excluding hydrogens is 430 g/mol. The molecule has 0 N–H and O–H groups in total. The van der Waals surface area contributed by atoms with Crippen LogP contribution in [0.4, 0.5) is 0 Å². The second-order valence-corrected chi connectivity index (χ2v) is 22.4. The molecule has 0 saturated heterocycles. The molecule has 0 bridgehead atoms. The first kappa shape index (κ1) is 24.7. The standard InChI is InChI=1S/C26H47NO3Si2/c1-25-14-12-19(27-28-3)16-18(25)10-11-20-21(25)13-15-26(2)22(20)17-23(29-31(4,5)6)24(26)30-32(7,8)9/h16,20-24H,10-15,17H2,1-9H3. The van der Waals surface area contributed by atoms with Gasteiger partial charge in [-0.3, -0.25) is 0 Å². The summed E-state index contributed by atoms with van der Waals surface area (Å²) in [4.78, 5) is 5.10. The molecule has 0 aromatic heterocycles. The quantitative estimate of drug-likeness (QED) is 0.316. The Morgan fingerprint density at radius 1 is 0.906 bits per heavy atom. The summed E-state index contributed by atoms with van der Waals surface area (Å²) in [7, 11) is -1.64. The van der Waals surface area contributed by atoms with E-state index in [0.717, 1.165) is 29.9 Å². The van der Waals surface area contributed by atoms with Crippen molar-refractivity contribution in [2.45, 2.75) is 110 Å². The van der Waals surface area contributed by atoms with Gasteiger partial charge in [0, 0.05) is 0 Å². The number of oxime groups is 1. The largest absolute Gasteiger partial charge is 0.412 e. The maximum Gasteiger partial charge on any atom is 0.184 e. The summed E-state index contributed by atoms with van der Waals surface area (Å²) in [6.07, 6.45) is 11.5. The first-order valence-corrected chi connectivity index (χ1v) is 19.8. The lowest BCUT2D eigenvalue weighted by Crippen LogP contribution is -2.53. The molecule has 0 radical (unpaired) electrons. The zero-order valence-corrected chi connectivity index (χ0v) is 24.1. The van der Waals surface area contributed by atoms with Crippen molar-refractivity contribution in [3.8, 4) is 0 Å². The summed E-state index contributed by atoms with van der Waals surface area (Å²) in [5.41, 5.74) is 3.34. The third-order valence-corrected chi connectivity index (χ3v) is 11.1. The molecule has 32 heavy (non-hydrogen) atoms.